The number of amides is 1. The average Bonchev–Trinajstić information content (AvgIpc) is 2.86. The lowest BCUT2D eigenvalue weighted by Crippen LogP contribution is -2.35. The first-order valence-corrected chi connectivity index (χ1v) is 11.0. The van der Waals surface area contributed by atoms with Crippen LogP contribution in [0.25, 0.3) is 10.9 Å². The maximum Gasteiger partial charge on any atom is 0.258 e. The van der Waals surface area contributed by atoms with Crippen molar-refractivity contribution in [3.05, 3.63) is 112 Å². The molecule has 168 valence electrons. The van der Waals surface area contributed by atoms with E-state index < -0.39 is 0 Å². The third kappa shape index (κ3) is 5.54. The molecule has 0 aliphatic heterocycles. The van der Waals surface area contributed by atoms with Gasteiger partial charge in [-0.1, -0.05) is 72.8 Å². The third-order valence-corrected chi connectivity index (χ3v) is 5.70. The molecule has 33 heavy (non-hydrogen) atoms. The van der Waals surface area contributed by atoms with Crippen LogP contribution < -0.4 is 5.56 Å². The minimum atomic E-state index is -0.207. The van der Waals surface area contributed by atoms with Gasteiger partial charge in [-0.2, -0.15) is 0 Å². The Labute approximate surface area is 192 Å². The molecule has 3 aromatic carbocycles. The van der Waals surface area contributed by atoms with Gasteiger partial charge in [0.25, 0.3) is 5.56 Å². The summed E-state index contributed by atoms with van der Waals surface area (Å²) in [6.45, 7) is 1.01. The zero-order valence-electron chi connectivity index (χ0n) is 18.6. The maximum atomic E-state index is 13.5. The lowest BCUT2D eigenvalue weighted by Gasteiger charge is -2.25. The summed E-state index contributed by atoms with van der Waals surface area (Å²) in [6, 6.07) is 27.3. The highest BCUT2D eigenvalue weighted by atomic mass is 16.5. The minimum Gasteiger partial charge on any atom is -0.383 e. The molecule has 0 fully saturated rings. The van der Waals surface area contributed by atoms with Gasteiger partial charge < -0.3 is 14.6 Å². The van der Waals surface area contributed by atoms with Crippen molar-refractivity contribution in [2.45, 2.75) is 18.9 Å². The van der Waals surface area contributed by atoms with Crippen LogP contribution in [0.1, 0.15) is 29.3 Å². The molecule has 1 N–H and O–H groups in total. The average molecular weight is 442 g/mol. The molecule has 0 atom stereocenters. The summed E-state index contributed by atoms with van der Waals surface area (Å²) in [4.78, 5) is 35.1. The molecule has 4 rings (SSSR count). The minimum absolute atomic E-state index is 0.0273. The molecular weight excluding hydrogens is 414 g/mol. The van der Waals surface area contributed by atoms with Crippen molar-refractivity contribution in [2.24, 2.45) is 0 Å². The van der Waals surface area contributed by atoms with Crippen LogP contribution in [0, 0.1) is 0 Å². The van der Waals surface area contributed by atoms with Crippen molar-refractivity contribution in [1.82, 2.24) is 14.9 Å². The van der Waals surface area contributed by atoms with E-state index in [1.165, 1.54) is 0 Å². The highest BCUT2D eigenvalue weighted by molar-refractivity contribution is 5.78. The first-order valence-electron chi connectivity index (χ1n) is 11.0. The van der Waals surface area contributed by atoms with Crippen LogP contribution >= 0.6 is 0 Å². The number of rotatable bonds is 9. The summed E-state index contributed by atoms with van der Waals surface area (Å²) in [5.41, 5.74) is 2.57. The van der Waals surface area contributed by atoms with Crippen molar-refractivity contribution in [2.75, 3.05) is 20.3 Å². The number of aromatic nitrogens is 2. The van der Waals surface area contributed by atoms with Crippen molar-refractivity contribution >= 4 is 16.8 Å². The van der Waals surface area contributed by atoms with E-state index >= 15 is 0 Å². The number of H-pyrrole nitrogens is 1. The second-order valence-electron chi connectivity index (χ2n) is 7.92. The fourth-order valence-electron chi connectivity index (χ4n) is 3.99. The van der Waals surface area contributed by atoms with Gasteiger partial charge in [-0.3, -0.25) is 9.59 Å². The Hall–Kier alpha value is -3.77. The molecule has 6 heteroatoms. The molecule has 1 heterocycles. The second-order valence-corrected chi connectivity index (χ2v) is 7.92. The van der Waals surface area contributed by atoms with E-state index in [0.717, 1.165) is 11.1 Å². The summed E-state index contributed by atoms with van der Waals surface area (Å²) in [5, 5.41) is 0.532. The Morgan fingerprint density at radius 1 is 0.939 bits per heavy atom. The number of benzene rings is 3. The molecule has 0 unspecified atom stereocenters. The molecule has 1 aromatic heterocycles. The first kappa shape index (κ1) is 22.4. The number of carbonyl (C=O) groups excluding carboxylic acids is 1. The van der Waals surface area contributed by atoms with Gasteiger partial charge in [0, 0.05) is 26.0 Å². The fourth-order valence-corrected chi connectivity index (χ4v) is 3.99. The number of aromatic amines is 1. The van der Waals surface area contributed by atoms with Gasteiger partial charge >= 0.3 is 0 Å². The molecule has 0 saturated carbocycles. The molecule has 6 nitrogen and oxygen atoms in total. The van der Waals surface area contributed by atoms with Crippen molar-refractivity contribution in [3.8, 4) is 0 Å². The van der Waals surface area contributed by atoms with E-state index in [1.54, 1.807) is 30.2 Å². The Balaban J connectivity index is 1.61. The fraction of sp³-hybridized carbons (Fsp3) is 0.222. The van der Waals surface area contributed by atoms with Crippen LogP contribution in [-0.2, 0) is 16.1 Å². The Bertz CT molecular complexity index is 1220. The number of nitrogens with one attached hydrogen (secondary N) is 1. The smallest absolute Gasteiger partial charge is 0.258 e. The molecule has 4 aromatic rings. The number of carbonyl (C=O) groups is 1. The number of hydrogen-bond acceptors (Lipinski definition) is 4. The predicted molar refractivity (Wildman–Crippen MR) is 129 cm³/mol. The summed E-state index contributed by atoms with van der Waals surface area (Å²) in [6.07, 6.45) is 0.301. The second kappa shape index (κ2) is 10.7. The molecule has 0 radical (unpaired) electrons. The molecular formula is C27H27N3O3. The highest BCUT2D eigenvalue weighted by Crippen LogP contribution is 2.28. The number of ether oxygens (including phenoxy) is 1. The van der Waals surface area contributed by atoms with Crippen molar-refractivity contribution in [1.29, 1.82) is 0 Å². The van der Waals surface area contributed by atoms with E-state index in [2.05, 4.69) is 9.97 Å². The molecule has 0 aliphatic carbocycles. The number of para-hydroxylation sites is 1. The Morgan fingerprint density at radius 3 is 2.18 bits per heavy atom. The highest BCUT2D eigenvalue weighted by Gasteiger charge is 2.23. The molecule has 0 spiro atoms. The lowest BCUT2D eigenvalue weighted by atomic mass is 9.88. The van der Waals surface area contributed by atoms with E-state index in [-0.39, 0.29) is 23.9 Å². The predicted octanol–water partition coefficient (Wildman–Crippen LogP) is 4.12. The quantitative estimate of drug-likeness (QED) is 0.424. The maximum absolute atomic E-state index is 13.5. The number of methoxy groups -OCH3 is 1. The monoisotopic (exact) mass is 441 g/mol. The normalized spacial score (nSPS) is 11.1. The number of nitrogens with zero attached hydrogens (tertiary/aromatic N) is 2. The lowest BCUT2D eigenvalue weighted by molar-refractivity contribution is -0.132. The van der Waals surface area contributed by atoms with Gasteiger partial charge in [-0.05, 0) is 23.3 Å². The van der Waals surface area contributed by atoms with E-state index in [4.69, 9.17) is 4.74 Å². The topological polar surface area (TPSA) is 75.3 Å². The molecule has 1 amide bonds. The van der Waals surface area contributed by atoms with Gasteiger partial charge in [0.2, 0.25) is 5.91 Å². The van der Waals surface area contributed by atoms with Crippen molar-refractivity contribution < 1.29 is 9.53 Å². The van der Waals surface area contributed by atoms with Gasteiger partial charge in [-0.15, -0.1) is 0 Å². The van der Waals surface area contributed by atoms with Gasteiger partial charge in [0.15, 0.2) is 0 Å². The van der Waals surface area contributed by atoms with Crippen molar-refractivity contribution in [3.63, 3.8) is 0 Å². The SMILES string of the molecule is COCCN(Cc1nc2ccccc2c(=O)[nH]1)C(=O)CC(c1ccccc1)c1ccccc1. The van der Waals surface area contributed by atoms with Crippen LogP contribution in [0.15, 0.2) is 89.7 Å². The van der Waals surface area contributed by atoms with Gasteiger partial charge in [-0.25, -0.2) is 4.98 Å². The van der Waals surface area contributed by atoms with E-state index in [1.807, 2.05) is 66.7 Å². The number of fused-ring (bicyclic) bond motifs is 1. The van der Waals surface area contributed by atoms with E-state index in [0.29, 0.717) is 36.3 Å². The molecule has 0 aliphatic rings. The molecule has 0 bridgehead atoms. The first-order chi connectivity index (χ1) is 16.2. The standard InChI is InChI=1S/C27H27N3O3/c1-33-17-16-30(19-25-28-24-15-9-8-14-22(24)27(32)29-25)26(31)18-23(20-10-4-2-5-11-20)21-12-6-3-7-13-21/h2-15,23H,16-19H2,1H3,(H,28,29,32). The van der Waals surface area contributed by atoms with Crippen LogP contribution in [0.2, 0.25) is 0 Å². The van der Waals surface area contributed by atoms with Crippen LogP contribution in [-0.4, -0.2) is 41.0 Å². The van der Waals surface area contributed by atoms with Gasteiger partial charge in [0.05, 0.1) is 24.1 Å². The number of hydrogen-bond donors (Lipinski definition) is 1. The summed E-state index contributed by atoms with van der Waals surface area (Å²) >= 11 is 0. The van der Waals surface area contributed by atoms with Gasteiger partial charge in [0.1, 0.15) is 5.82 Å². The van der Waals surface area contributed by atoms with E-state index in [9.17, 15) is 9.59 Å². The Kier molecular flexibility index (Phi) is 7.27. The van der Waals surface area contributed by atoms with Crippen LogP contribution in [0.3, 0.4) is 0 Å². The third-order valence-electron chi connectivity index (χ3n) is 5.70. The largest absolute Gasteiger partial charge is 0.383 e. The van der Waals surface area contributed by atoms with Crippen LogP contribution in [0.5, 0.6) is 0 Å². The summed E-state index contributed by atoms with van der Waals surface area (Å²) in [5.74, 6) is 0.355. The summed E-state index contributed by atoms with van der Waals surface area (Å²) < 4.78 is 5.24. The zero-order valence-corrected chi connectivity index (χ0v) is 18.6. The molecule has 0 saturated heterocycles. The Morgan fingerprint density at radius 2 is 1.55 bits per heavy atom. The van der Waals surface area contributed by atoms with Crippen LogP contribution in [0.4, 0.5) is 0 Å². The summed E-state index contributed by atoms with van der Waals surface area (Å²) in [7, 11) is 1.61. The zero-order chi connectivity index (χ0) is 23.0.